The van der Waals surface area contributed by atoms with Crippen molar-refractivity contribution in [2.45, 2.75) is 13.3 Å². The summed E-state index contributed by atoms with van der Waals surface area (Å²) in [5.41, 5.74) is 2.24. The number of nitrogens with zero attached hydrogens (tertiary/aromatic N) is 1. The van der Waals surface area contributed by atoms with E-state index >= 15 is 0 Å². The summed E-state index contributed by atoms with van der Waals surface area (Å²) in [7, 11) is 1.68. The topological polar surface area (TPSA) is 67.4 Å². The molecule has 2 N–H and O–H groups in total. The lowest BCUT2D eigenvalue weighted by atomic mass is 10.1. The van der Waals surface area contributed by atoms with Crippen molar-refractivity contribution in [3.8, 4) is 0 Å². The Morgan fingerprint density at radius 1 is 1.50 bits per heavy atom. The van der Waals surface area contributed by atoms with Gasteiger partial charge in [-0.25, -0.2) is 4.79 Å². The van der Waals surface area contributed by atoms with Gasteiger partial charge in [-0.2, -0.15) is 0 Å². The summed E-state index contributed by atoms with van der Waals surface area (Å²) in [5, 5.41) is 12.3. The Bertz CT molecular complexity index is 581. The van der Waals surface area contributed by atoms with Gasteiger partial charge < -0.3 is 14.8 Å². The number of benzene rings is 1. The second-order valence-electron chi connectivity index (χ2n) is 4.45. The lowest BCUT2D eigenvalue weighted by Crippen LogP contribution is -2.16. The summed E-state index contributed by atoms with van der Waals surface area (Å²) >= 11 is 0. The number of aliphatic hydroxyl groups is 1. The van der Waals surface area contributed by atoms with Gasteiger partial charge in [0.15, 0.2) is 5.58 Å². The van der Waals surface area contributed by atoms with Gasteiger partial charge in [0.25, 0.3) is 0 Å². The Hall–Kier alpha value is -1.75. The number of aryl methyl sites for hydroxylation is 1. The van der Waals surface area contributed by atoms with Crippen LogP contribution in [0.2, 0.25) is 0 Å². The fraction of sp³-hybridized carbons (Fsp3) is 0.462. The van der Waals surface area contributed by atoms with E-state index in [0.29, 0.717) is 12.1 Å². The van der Waals surface area contributed by atoms with Gasteiger partial charge in [0.05, 0.1) is 5.52 Å². The van der Waals surface area contributed by atoms with Gasteiger partial charge in [0.2, 0.25) is 0 Å². The van der Waals surface area contributed by atoms with E-state index < -0.39 is 0 Å². The lowest BCUT2D eigenvalue weighted by Gasteiger charge is -2.13. The quantitative estimate of drug-likeness (QED) is 0.845. The maximum Gasteiger partial charge on any atom is 0.419 e. The number of anilines is 1. The highest BCUT2D eigenvalue weighted by atomic mass is 16.4. The number of aliphatic hydroxyl groups excluding tert-OH is 1. The summed E-state index contributed by atoms with van der Waals surface area (Å²) in [6.45, 7) is 2.92. The zero-order valence-electron chi connectivity index (χ0n) is 10.6. The molecule has 5 heteroatoms. The van der Waals surface area contributed by atoms with Crippen LogP contribution in [0.25, 0.3) is 11.1 Å². The van der Waals surface area contributed by atoms with Crippen LogP contribution in [-0.4, -0.2) is 22.8 Å². The lowest BCUT2D eigenvalue weighted by molar-refractivity contribution is 0.230. The predicted octanol–water partition coefficient (Wildman–Crippen LogP) is 1.56. The molecular weight excluding hydrogens is 232 g/mol. The molecule has 1 atom stereocenters. The zero-order chi connectivity index (χ0) is 13.1. The third-order valence-corrected chi connectivity index (χ3v) is 3.22. The molecule has 0 aliphatic carbocycles. The van der Waals surface area contributed by atoms with E-state index in [1.807, 2.05) is 19.1 Å². The van der Waals surface area contributed by atoms with Crippen LogP contribution in [0, 0.1) is 5.92 Å². The number of oxazole rings is 1. The monoisotopic (exact) mass is 250 g/mol. The Morgan fingerprint density at radius 2 is 2.28 bits per heavy atom. The summed E-state index contributed by atoms with van der Waals surface area (Å²) in [6, 6.07) is 5.56. The summed E-state index contributed by atoms with van der Waals surface area (Å²) in [6.07, 6.45) is 0.923. The molecule has 2 rings (SSSR count). The van der Waals surface area contributed by atoms with Crippen molar-refractivity contribution in [2.24, 2.45) is 13.0 Å². The van der Waals surface area contributed by atoms with Crippen LogP contribution in [-0.2, 0) is 7.05 Å². The van der Waals surface area contributed by atoms with Crippen molar-refractivity contribution < 1.29 is 9.52 Å². The molecule has 0 saturated heterocycles. The second-order valence-corrected chi connectivity index (χ2v) is 4.45. The Kier molecular flexibility index (Phi) is 3.72. The Morgan fingerprint density at radius 3 is 2.94 bits per heavy atom. The van der Waals surface area contributed by atoms with Crippen LogP contribution in [0.15, 0.2) is 27.4 Å². The minimum atomic E-state index is -0.357. The maximum absolute atomic E-state index is 11.4. The highest BCUT2D eigenvalue weighted by molar-refractivity contribution is 5.77. The minimum absolute atomic E-state index is 0.173. The van der Waals surface area contributed by atoms with Crippen LogP contribution in [0.4, 0.5) is 5.69 Å². The number of rotatable bonds is 5. The average Bonchev–Trinajstić information content (AvgIpc) is 2.66. The molecule has 1 heterocycles. The van der Waals surface area contributed by atoms with Crippen molar-refractivity contribution in [2.75, 3.05) is 18.5 Å². The first-order valence-corrected chi connectivity index (χ1v) is 6.10. The van der Waals surface area contributed by atoms with Gasteiger partial charge in [-0.15, -0.1) is 0 Å². The average molecular weight is 250 g/mol. The van der Waals surface area contributed by atoms with E-state index in [-0.39, 0.29) is 18.3 Å². The molecule has 0 fully saturated rings. The van der Waals surface area contributed by atoms with Crippen LogP contribution in [0.3, 0.4) is 0 Å². The molecule has 0 aliphatic heterocycles. The van der Waals surface area contributed by atoms with Gasteiger partial charge in [-0.3, -0.25) is 4.57 Å². The van der Waals surface area contributed by atoms with Crippen LogP contribution in [0.1, 0.15) is 13.3 Å². The zero-order valence-corrected chi connectivity index (χ0v) is 10.6. The number of hydrogen-bond donors (Lipinski definition) is 2. The maximum atomic E-state index is 11.4. The van der Waals surface area contributed by atoms with Crippen molar-refractivity contribution in [1.29, 1.82) is 0 Å². The van der Waals surface area contributed by atoms with Gasteiger partial charge in [0, 0.05) is 32.0 Å². The SMILES string of the molecule is CCC(CO)CNc1ccc2c(c1)oc(=O)n2C. The molecule has 0 spiro atoms. The van der Waals surface area contributed by atoms with Crippen LogP contribution in [0.5, 0.6) is 0 Å². The fourth-order valence-electron chi connectivity index (χ4n) is 1.84. The molecule has 0 aliphatic rings. The summed E-state index contributed by atoms with van der Waals surface area (Å²) in [5.74, 6) is -0.118. The molecule has 5 nitrogen and oxygen atoms in total. The van der Waals surface area contributed by atoms with Gasteiger partial charge in [-0.05, 0) is 24.5 Å². The van der Waals surface area contributed by atoms with Gasteiger partial charge in [-0.1, -0.05) is 6.92 Å². The molecule has 1 unspecified atom stereocenters. The largest absolute Gasteiger partial charge is 0.419 e. The van der Waals surface area contributed by atoms with Crippen molar-refractivity contribution in [1.82, 2.24) is 4.57 Å². The Labute approximate surface area is 105 Å². The first-order chi connectivity index (χ1) is 8.65. The molecule has 2 aromatic rings. The number of fused-ring (bicyclic) bond motifs is 1. The Balaban J connectivity index is 2.18. The molecule has 0 saturated carbocycles. The second kappa shape index (κ2) is 5.27. The molecule has 0 radical (unpaired) electrons. The molecule has 0 amide bonds. The van der Waals surface area contributed by atoms with Crippen LogP contribution >= 0.6 is 0 Å². The first-order valence-electron chi connectivity index (χ1n) is 6.10. The standard InChI is InChI=1S/C13H18N2O3/c1-3-9(8-16)7-14-10-4-5-11-12(6-10)18-13(17)15(11)2/h4-6,9,14,16H,3,7-8H2,1-2H3. The number of aromatic nitrogens is 1. The first kappa shape index (κ1) is 12.7. The smallest absolute Gasteiger partial charge is 0.408 e. The minimum Gasteiger partial charge on any atom is -0.408 e. The van der Waals surface area contributed by atoms with Crippen LogP contribution < -0.4 is 11.1 Å². The van der Waals surface area contributed by atoms with Gasteiger partial charge >= 0.3 is 5.76 Å². The predicted molar refractivity (Wildman–Crippen MR) is 70.8 cm³/mol. The third-order valence-electron chi connectivity index (χ3n) is 3.22. The van der Waals surface area contributed by atoms with E-state index in [1.54, 1.807) is 13.1 Å². The third kappa shape index (κ3) is 2.41. The molecule has 1 aromatic carbocycles. The molecule has 98 valence electrons. The van der Waals surface area contributed by atoms with Gasteiger partial charge in [0.1, 0.15) is 0 Å². The normalized spacial score (nSPS) is 12.8. The van der Waals surface area contributed by atoms with E-state index in [1.165, 1.54) is 4.57 Å². The molecule has 0 bridgehead atoms. The highest BCUT2D eigenvalue weighted by Crippen LogP contribution is 2.18. The molecular formula is C13H18N2O3. The fourth-order valence-corrected chi connectivity index (χ4v) is 1.84. The van der Waals surface area contributed by atoms with Crippen molar-refractivity contribution in [3.05, 3.63) is 28.7 Å². The summed E-state index contributed by atoms with van der Waals surface area (Å²) in [4.78, 5) is 11.4. The van der Waals surface area contributed by atoms with E-state index in [2.05, 4.69) is 5.32 Å². The van der Waals surface area contributed by atoms with Crippen molar-refractivity contribution >= 4 is 16.8 Å². The number of hydrogen-bond acceptors (Lipinski definition) is 4. The number of nitrogens with one attached hydrogen (secondary N) is 1. The van der Waals surface area contributed by atoms with Crippen molar-refractivity contribution in [3.63, 3.8) is 0 Å². The summed E-state index contributed by atoms with van der Waals surface area (Å²) < 4.78 is 6.59. The highest BCUT2D eigenvalue weighted by Gasteiger charge is 2.08. The van der Waals surface area contributed by atoms with E-state index in [4.69, 9.17) is 9.52 Å². The van der Waals surface area contributed by atoms with E-state index in [9.17, 15) is 4.79 Å². The van der Waals surface area contributed by atoms with E-state index in [0.717, 1.165) is 17.6 Å². The molecule has 1 aromatic heterocycles. The molecule has 18 heavy (non-hydrogen) atoms.